The first-order chi connectivity index (χ1) is 10.4. The molecule has 0 unspecified atom stereocenters. The molecule has 0 spiro atoms. The van der Waals surface area contributed by atoms with Gasteiger partial charge in [-0.25, -0.2) is 0 Å². The van der Waals surface area contributed by atoms with Crippen molar-refractivity contribution in [1.82, 2.24) is 10.6 Å². The molecule has 0 aromatic heterocycles. The monoisotopic (exact) mass is 293 g/mol. The number of ether oxygens (including phenoxy) is 2. The number of nitrogens with one attached hydrogen (secondary N) is 2. The zero-order chi connectivity index (χ0) is 15.2. The van der Waals surface area contributed by atoms with Gasteiger partial charge in [0.1, 0.15) is 0 Å². The van der Waals surface area contributed by atoms with Crippen LogP contribution in [0.25, 0.3) is 0 Å². The van der Waals surface area contributed by atoms with E-state index in [0.717, 1.165) is 25.5 Å². The number of nitrogens with zero attached hydrogens (tertiary/aromatic N) is 1. The van der Waals surface area contributed by atoms with E-state index in [4.69, 9.17) is 9.47 Å². The van der Waals surface area contributed by atoms with Gasteiger partial charge in [0.05, 0.1) is 26.4 Å². The van der Waals surface area contributed by atoms with E-state index in [9.17, 15) is 0 Å². The van der Waals surface area contributed by atoms with Gasteiger partial charge in [0.15, 0.2) is 5.96 Å². The van der Waals surface area contributed by atoms with Crippen LogP contribution in [0.5, 0.6) is 0 Å². The van der Waals surface area contributed by atoms with Crippen LogP contribution < -0.4 is 10.6 Å². The van der Waals surface area contributed by atoms with Crippen molar-refractivity contribution in [2.24, 2.45) is 4.99 Å². The van der Waals surface area contributed by atoms with Crippen molar-refractivity contribution in [2.45, 2.75) is 13.3 Å². The van der Waals surface area contributed by atoms with Crippen LogP contribution in [0.2, 0.25) is 0 Å². The zero-order valence-electron chi connectivity index (χ0n) is 13.1. The van der Waals surface area contributed by atoms with Crippen molar-refractivity contribution < 1.29 is 9.47 Å². The van der Waals surface area contributed by atoms with Crippen molar-refractivity contribution in [3.63, 3.8) is 0 Å². The van der Waals surface area contributed by atoms with Gasteiger partial charge in [0.25, 0.3) is 0 Å². The normalized spacial score (nSPS) is 11.4. The van der Waals surface area contributed by atoms with Crippen LogP contribution >= 0.6 is 0 Å². The Morgan fingerprint density at radius 2 is 1.90 bits per heavy atom. The van der Waals surface area contributed by atoms with Crippen molar-refractivity contribution in [3.8, 4) is 0 Å². The molecule has 0 saturated carbocycles. The number of methoxy groups -OCH3 is 1. The van der Waals surface area contributed by atoms with Gasteiger partial charge < -0.3 is 20.1 Å². The van der Waals surface area contributed by atoms with Gasteiger partial charge in [-0.05, 0) is 18.9 Å². The Kier molecular flexibility index (Phi) is 10.1. The molecule has 0 heterocycles. The number of aliphatic imine (C=N–C) groups is 1. The SMILES string of the molecule is CCNC(=NCCOCCOC)NCCc1ccccc1. The van der Waals surface area contributed by atoms with Crippen molar-refractivity contribution in [2.75, 3.05) is 46.6 Å². The van der Waals surface area contributed by atoms with E-state index in [1.165, 1.54) is 5.56 Å². The molecular weight excluding hydrogens is 266 g/mol. The summed E-state index contributed by atoms with van der Waals surface area (Å²) in [4.78, 5) is 4.47. The lowest BCUT2D eigenvalue weighted by atomic mass is 10.1. The number of hydrogen-bond donors (Lipinski definition) is 2. The minimum atomic E-state index is 0.610. The van der Waals surface area contributed by atoms with E-state index in [0.29, 0.717) is 26.4 Å². The van der Waals surface area contributed by atoms with E-state index < -0.39 is 0 Å². The molecule has 0 bridgehead atoms. The molecule has 0 aliphatic heterocycles. The molecule has 1 aromatic rings. The second-order valence-corrected chi connectivity index (χ2v) is 4.53. The lowest BCUT2D eigenvalue weighted by molar-refractivity contribution is 0.0748. The van der Waals surface area contributed by atoms with E-state index >= 15 is 0 Å². The summed E-state index contributed by atoms with van der Waals surface area (Å²) in [6.07, 6.45) is 0.982. The maximum atomic E-state index is 5.39. The van der Waals surface area contributed by atoms with E-state index in [1.54, 1.807) is 7.11 Å². The third kappa shape index (κ3) is 9.05. The summed E-state index contributed by atoms with van der Waals surface area (Å²) >= 11 is 0. The molecule has 118 valence electrons. The Morgan fingerprint density at radius 1 is 1.10 bits per heavy atom. The molecule has 1 rings (SSSR count). The molecule has 21 heavy (non-hydrogen) atoms. The van der Waals surface area contributed by atoms with Crippen LogP contribution in [-0.2, 0) is 15.9 Å². The molecule has 0 radical (unpaired) electrons. The van der Waals surface area contributed by atoms with Crippen LogP contribution in [0, 0.1) is 0 Å². The van der Waals surface area contributed by atoms with Gasteiger partial charge in [-0.3, -0.25) is 4.99 Å². The van der Waals surface area contributed by atoms with Crippen molar-refractivity contribution >= 4 is 5.96 Å². The predicted molar refractivity (Wildman–Crippen MR) is 86.8 cm³/mol. The molecule has 0 aliphatic rings. The average molecular weight is 293 g/mol. The molecule has 5 heteroatoms. The maximum absolute atomic E-state index is 5.39. The fraction of sp³-hybridized carbons (Fsp3) is 0.562. The van der Waals surface area contributed by atoms with Gasteiger partial charge in [0, 0.05) is 20.2 Å². The fourth-order valence-corrected chi connectivity index (χ4v) is 1.78. The third-order valence-electron chi connectivity index (χ3n) is 2.83. The molecule has 1 aromatic carbocycles. The number of benzene rings is 1. The summed E-state index contributed by atoms with van der Waals surface area (Å²) in [5.74, 6) is 0.837. The van der Waals surface area contributed by atoms with Crippen molar-refractivity contribution in [3.05, 3.63) is 35.9 Å². The number of hydrogen-bond acceptors (Lipinski definition) is 3. The topological polar surface area (TPSA) is 54.9 Å². The van der Waals surface area contributed by atoms with Gasteiger partial charge in [-0.15, -0.1) is 0 Å². The minimum Gasteiger partial charge on any atom is -0.382 e. The molecule has 0 fully saturated rings. The Morgan fingerprint density at radius 3 is 2.62 bits per heavy atom. The second-order valence-electron chi connectivity index (χ2n) is 4.53. The highest BCUT2D eigenvalue weighted by Gasteiger charge is 1.97. The molecule has 0 amide bonds. The highest BCUT2D eigenvalue weighted by molar-refractivity contribution is 5.79. The number of rotatable bonds is 10. The van der Waals surface area contributed by atoms with E-state index in [2.05, 4.69) is 46.8 Å². The maximum Gasteiger partial charge on any atom is 0.191 e. The quantitative estimate of drug-likeness (QED) is 0.389. The molecule has 0 aliphatic carbocycles. The lowest BCUT2D eigenvalue weighted by Gasteiger charge is -2.11. The summed E-state index contributed by atoms with van der Waals surface area (Å²) in [5.41, 5.74) is 1.32. The summed E-state index contributed by atoms with van der Waals surface area (Å²) < 4.78 is 10.3. The van der Waals surface area contributed by atoms with Gasteiger partial charge in [-0.2, -0.15) is 0 Å². The van der Waals surface area contributed by atoms with Gasteiger partial charge in [-0.1, -0.05) is 30.3 Å². The molecule has 0 saturated heterocycles. The summed E-state index contributed by atoms with van der Waals surface area (Å²) in [7, 11) is 1.67. The van der Waals surface area contributed by atoms with Gasteiger partial charge >= 0.3 is 0 Å². The Hall–Kier alpha value is -1.59. The van der Waals surface area contributed by atoms with Gasteiger partial charge in [0.2, 0.25) is 0 Å². The summed E-state index contributed by atoms with van der Waals surface area (Å²) in [5, 5.41) is 6.56. The first kappa shape index (κ1) is 17.5. The Bertz CT molecular complexity index is 382. The lowest BCUT2D eigenvalue weighted by Crippen LogP contribution is -2.38. The van der Waals surface area contributed by atoms with E-state index in [1.807, 2.05) is 6.07 Å². The van der Waals surface area contributed by atoms with Crippen LogP contribution in [0.4, 0.5) is 0 Å². The highest BCUT2D eigenvalue weighted by Crippen LogP contribution is 1.97. The number of guanidine groups is 1. The standard InChI is InChI=1S/C16H27N3O2/c1-3-17-16(19-11-12-21-14-13-20-2)18-10-9-15-7-5-4-6-8-15/h4-8H,3,9-14H2,1-2H3,(H2,17,18,19). The Labute approximate surface area is 127 Å². The minimum absolute atomic E-state index is 0.610. The summed E-state index contributed by atoms with van der Waals surface area (Å²) in [6.45, 7) is 6.26. The average Bonchev–Trinajstić information content (AvgIpc) is 2.51. The Balaban J connectivity index is 2.22. The smallest absolute Gasteiger partial charge is 0.191 e. The third-order valence-corrected chi connectivity index (χ3v) is 2.83. The van der Waals surface area contributed by atoms with Crippen molar-refractivity contribution in [1.29, 1.82) is 0 Å². The second kappa shape index (κ2) is 12.2. The molecule has 0 atom stereocenters. The highest BCUT2D eigenvalue weighted by atomic mass is 16.5. The van der Waals surface area contributed by atoms with Crippen LogP contribution in [0.1, 0.15) is 12.5 Å². The molecular formula is C16H27N3O2. The molecule has 5 nitrogen and oxygen atoms in total. The largest absolute Gasteiger partial charge is 0.382 e. The first-order valence-electron chi connectivity index (χ1n) is 7.49. The van der Waals surface area contributed by atoms with Crippen LogP contribution in [0.15, 0.2) is 35.3 Å². The molecule has 2 N–H and O–H groups in total. The fourth-order valence-electron chi connectivity index (χ4n) is 1.78. The summed E-state index contributed by atoms with van der Waals surface area (Å²) in [6, 6.07) is 10.4. The van der Waals surface area contributed by atoms with Crippen LogP contribution in [-0.4, -0.2) is 52.5 Å². The first-order valence-corrected chi connectivity index (χ1v) is 7.49. The predicted octanol–water partition coefficient (Wildman–Crippen LogP) is 1.45. The zero-order valence-corrected chi connectivity index (χ0v) is 13.1. The van der Waals surface area contributed by atoms with E-state index in [-0.39, 0.29) is 0 Å². The van der Waals surface area contributed by atoms with Crippen LogP contribution in [0.3, 0.4) is 0 Å².